The molecule has 1 amide bonds. The Balaban J connectivity index is 1.97. The summed E-state index contributed by atoms with van der Waals surface area (Å²) in [5.41, 5.74) is 0. The zero-order valence-electron chi connectivity index (χ0n) is 15.6. The summed E-state index contributed by atoms with van der Waals surface area (Å²) in [4.78, 5) is 12.9. The number of nitrogens with one attached hydrogen (secondary N) is 1. The lowest BCUT2D eigenvalue weighted by Crippen LogP contribution is -2.50. The zero-order chi connectivity index (χ0) is 18.8. The van der Waals surface area contributed by atoms with Gasteiger partial charge in [-0.05, 0) is 50.9 Å². The summed E-state index contributed by atoms with van der Waals surface area (Å²) in [5.74, 6) is 1.42. The molecule has 3 atom stereocenters. The molecule has 0 spiro atoms. The van der Waals surface area contributed by atoms with Gasteiger partial charge in [0.15, 0.2) is 0 Å². The van der Waals surface area contributed by atoms with Gasteiger partial charge in [0.25, 0.3) is 0 Å². The predicted octanol–water partition coefficient (Wildman–Crippen LogP) is 2.28. The molecule has 1 saturated heterocycles. The van der Waals surface area contributed by atoms with Crippen LogP contribution < -0.4 is 4.72 Å². The Hall–Kier alpha value is -0.860. The van der Waals surface area contributed by atoms with Crippen molar-refractivity contribution in [1.29, 1.82) is 0 Å². The normalized spacial score (nSPS) is 33.8. The van der Waals surface area contributed by atoms with Crippen LogP contribution >= 0.6 is 0 Å². The number of sulfonamides is 1. The van der Waals surface area contributed by atoms with Gasteiger partial charge >= 0.3 is 6.09 Å². The molecule has 2 fully saturated rings. The molecular weight excluding hydrogens is 344 g/mol. The maximum atomic E-state index is 11.6. The van der Waals surface area contributed by atoms with Gasteiger partial charge in [-0.2, -0.15) is 0 Å². The number of nitrogens with zero attached hydrogens (tertiary/aromatic N) is 1. The van der Waals surface area contributed by atoms with E-state index in [2.05, 4.69) is 18.6 Å². The van der Waals surface area contributed by atoms with Crippen LogP contribution in [0.5, 0.6) is 0 Å². The molecule has 2 aliphatic rings. The smallest absolute Gasteiger partial charge is 0.407 e. The molecule has 146 valence electrons. The fraction of sp³-hybridized carbons (Fsp3) is 0.941. The van der Waals surface area contributed by atoms with Gasteiger partial charge in [-0.25, -0.2) is 17.9 Å². The van der Waals surface area contributed by atoms with Crippen molar-refractivity contribution in [3.8, 4) is 0 Å². The Kier molecular flexibility index (Phi) is 6.73. The van der Waals surface area contributed by atoms with Gasteiger partial charge in [-0.1, -0.05) is 13.8 Å². The molecule has 1 aliphatic heterocycles. The largest absolute Gasteiger partial charge is 0.465 e. The Morgan fingerprint density at radius 3 is 2.36 bits per heavy atom. The first-order valence-electron chi connectivity index (χ1n) is 9.18. The van der Waals surface area contributed by atoms with Gasteiger partial charge in [0, 0.05) is 12.1 Å². The van der Waals surface area contributed by atoms with E-state index in [1.807, 2.05) is 0 Å². The Labute approximate surface area is 151 Å². The van der Waals surface area contributed by atoms with E-state index < -0.39 is 28.2 Å². The maximum Gasteiger partial charge on any atom is 0.407 e. The fourth-order valence-corrected chi connectivity index (χ4v) is 5.05. The summed E-state index contributed by atoms with van der Waals surface area (Å²) in [7, 11) is -3.40. The summed E-state index contributed by atoms with van der Waals surface area (Å²) < 4.78 is 31.8. The minimum absolute atomic E-state index is 0.139. The molecule has 1 saturated carbocycles. The van der Waals surface area contributed by atoms with Crippen LogP contribution in [-0.4, -0.2) is 61.6 Å². The quantitative estimate of drug-likeness (QED) is 0.741. The van der Waals surface area contributed by atoms with Crippen molar-refractivity contribution in [2.75, 3.05) is 12.9 Å². The third kappa shape index (κ3) is 5.56. The standard InChI is InChI=1S/C17H32N2O5S/c1-11(2)13-5-7-14(8-6-13)24-10-16-15(18-25(4,22)23)9-12(3)19(16)17(20)21/h11-16,18H,5-10H2,1-4H3,(H,20,21). The molecule has 0 bridgehead atoms. The number of carboxylic acid groups (broad SMARTS) is 1. The van der Waals surface area contributed by atoms with Crippen LogP contribution in [0.2, 0.25) is 0 Å². The molecule has 8 heteroatoms. The topological polar surface area (TPSA) is 95.9 Å². The lowest BCUT2D eigenvalue weighted by Gasteiger charge is -2.33. The average molecular weight is 377 g/mol. The van der Waals surface area contributed by atoms with Crippen LogP contribution in [0.15, 0.2) is 0 Å². The van der Waals surface area contributed by atoms with E-state index >= 15 is 0 Å². The summed E-state index contributed by atoms with van der Waals surface area (Å²) in [6.07, 6.45) is 4.93. The molecule has 1 aliphatic carbocycles. The van der Waals surface area contributed by atoms with Crippen LogP contribution in [0.1, 0.15) is 52.9 Å². The Morgan fingerprint density at radius 2 is 1.88 bits per heavy atom. The second-order valence-corrected chi connectivity index (χ2v) is 9.73. The second-order valence-electron chi connectivity index (χ2n) is 7.95. The number of hydrogen-bond donors (Lipinski definition) is 2. The SMILES string of the molecule is CC(C)C1CCC(OCC2C(NS(C)(=O)=O)CC(C)N2C(=O)O)CC1. The van der Waals surface area contributed by atoms with Gasteiger partial charge in [0.2, 0.25) is 10.0 Å². The number of rotatable bonds is 6. The molecule has 0 aromatic heterocycles. The molecule has 0 aromatic carbocycles. The van der Waals surface area contributed by atoms with E-state index in [1.165, 1.54) is 4.90 Å². The van der Waals surface area contributed by atoms with E-state index in [0.717, 1.165) is 37.9 Å². The van der Waals surface area contributed by atoms with Crippen molar-refractivity contribution in [3.63, 3.8) is 0 Å². The summed E-state index contributed by atoms with van der Waals surface area (Å²) in [6.45, 7) is 6.54. The van der Waals surface area contributed by atoms with Crippen molar-refractivity contribution in [3.05, 3.63) is 0 Å². The van der Waals surface area contributed by atoms with E-state index in [0.29, 0.717) is 12.3 Å². The fourth-order valence-electron chi connectivity index (χ4n) is 4.24. The minimum Gasteiger partial charge on any atom is -0.465 e. The minimum atomic E-state index is -3.40. The Bertz CT molecular complexity index is 557. The van der Waals surface area contributed by atoms with Gasteiger partial charge in [-0.3, -0.25) is 4.90 Å². The van der Waals surface area contributed by atoms with Gasteiger partial charge < -0.3 is 9.84 Å². The number of likely N-dealkylation sites (tertiary alicyclic amines) is 1. The highest BCUT2D eigenvalue weighted by Crippen LogP contribution is 2.32. The predicted molar refractivity (Wildman–Crippen MR) is 96.0 cm³/mol. The van der Waals surface area contributed by atoms with Gasteiger partial charge in [-0.15, -0.1) is 0 Å². The zero-order valence-corrected chi connectivity index (χ0v) is 16.5. The van der Waals surface area contributed by atoms with Crippen molar-refractivity contribution in [2.45, 2.75) is 77.1 Å². The molecule has 3 unspecified atom stereocenters. The van der Waals surface area contributed by atoms with E-state index in [1.54, 1.807) is 6.92 Å². The van der Waals surface area contributed by atoms with Crippen LogP contribution in [0.25, 0.3) is 0 Å². The first kappa shape index (κ1) is 20.5. The number of hydrogen-bond acceptors (Lipinski definition) is 4. The summed E-state index contributed by atoms with van der Waals surface area (Å²) in [5, 5.41) is 9.50. The lowest BCUT2D eigenvalue weighted by atomic mass is 9.80. The number of ether oxygens (including phenoxy) is 1. The van der Waals surface area contributed by atoms with Gasteiger partial charge in [0.1, 0.15) is 0 Å². The molecule has 0 aromatic rings. The van der Waals surface area contributed by atoms with Crippen LogP contribution in [0.3, 0.4) is 0 Å². The summed E-state index contributed by atoms with van der Waals surface area (Å²) >= 11 is 0. The molecule has 2 rings (SSSR count). The first-order valence-corrected chi connectivity index (χ1v) is 11.1. The third-order valence-corrected chi connectivity index (χ3v) is 6.37. The molecule has 1 heterocycles. The monoisotopic (exact) mass is 376 g/mol. The summed E-state index contributed by atoms with van der Waals surface area (Å²) in [6, 6.07) is -1.15. The average Bonchev–Trinajstić information content (AvgIpc) is 2.79. The highest BCUT2D eigenvalue weighted by Gasteiger charge is 2.43. The van der Waals surface area contributed by atoms with Crippen molar-refractivity contribution < 1.29 is 23.1 Å². The van der Waals surface area contributed by atoms with E-state index in [-0.39, 0.29) is 18.8 Å². The van der Waals surface area contributed by atoms with Crippen LogP contribution in [0, 0.1) is 11.8 Å². The lowest BCUT2D eigenvalue weighted by molar-refractivity contribution is -0.0147. The number of amides is 1. The Morgan fingerprint density at radius 1 is 1.28 bits per heavy atom. The highest BCUT2D eigenvalue weighted by molar-refractivity contribution is 7.88. The molecule has 7 nitrogen and oxygen atoms in total. The van der Waals surface area contributed by atoms with Crippen molar-refractivity contribution >= 4 is 16.1 Å². The van der Waals surface area contributed by atoms with Crippen molar-refractivity contribution in [1.82, 2.24) is 9.62 Å². The van der Waals surface area contributed by atoms with Crippen LogP contribution in [-0.2, 0) is 14.8 Å². The molecule has 2 N–H and O–H groups in total. The van der Waals surface area contributed by atoms with E-state index in [4.69, 9.17) is 4.74 Å². The second kappa shape index (κ2) is 8.22. The van der Waals surface area contributed by atoms with Gasteiger partial charge in [0.05, 0.1) is 25.0 Å². The molecule has 25 heavy (non-hydrogen) atoms. The van der Waals surface area contributed by atoms with Crippen molar-refractivity contribution in [2.24, 2.45) is 11.8 Å². The maximum absolute atomic E-state index is 11.6. The van der Waals surface area contributed by atoms with Crippen LogP contribution in [0.4, 0.5) is 4.79 Å². The molecular formula is C17H32N2O5S. The van der Waals surface area contributed by atoms with E-state index in [9.17, 15) is 18.3 Å². The number of carbonyl (C=O) groups is 1. The highest BCUT2D eigenvalue weighted by atomic mass is 32.2. The first-order chi connectivity index (χ1) is 11.6. The molecule has 0 radical (unpaired) electrons. The third-order valence-electron chi connectivity index (χ3n) is 5.64.